The molecule has 158 valence electrons. The first-order valence-corrected chi connectivity index (χ1v) is 12.3. The third kappa shape index (κ3) is 7.20. The van der Waals surface area contributed by atoms with Crippen LogP contribution in [0.3, 0.4) is 0 Å². The molecule has 4 atom stereocenters. The summed E-state index contributed by atoms with van der Waals surface area (Å²) in [5.74, 6) is 2.51. The zero-order valence-electron chi connectivity index (χ0n) is 18.7. The van der Waals surface area contributed by atoms with Crippen LogP contribution in [0.1, 0.15) is 104 Å². The van der Waals surface area contributed by atoms with Crippen molar-refractivity contribution in [1.29, 1.82) is 0 Å². The first kappa shape index (κ1) is 22.9. The van der Waals surface area contributed by atoms with E-state index in [1.807, 2.05) is 0 Å². The molecule has 2 fully saturated rings. The molecule has 2 heteroatoms. The summed E-state index contributed by atoms with van der Waals surface area (Å²) < 4.78 is 0. The van der Waals surface area contributed by atoms with Crippen molar-refractivity contribution in [2.24, 2.45) is 17.8 Å². The summed E-state index contributed by atoms with van der Waals surface area (Å²) in [6.45, 7) is 13.8. The minimum Gasteiger partial charge on any atom is -0.302 e. The van der Waals surface area contributed by atoms with Crippen molar-refractivity contribution in [1.82, 2.24) is 10.2 Å². The van der Waals surface area contributed by atoms with Crippen molar-refractivity contribution in [2.75, 3.05) is 13.1 Å². The van der Waals surface area contributed by atoms with Crippen molar-refractivity contribution in [3.63, 3.8) is 0 Å². The van der Waals surface area contributed by atoms with E-state index in [2.05, 4.69) is 43.6 Å². The van der Waals surface area contributed by atoms with Gasteiger partial charge in [-0.3, -0.25) is 4.90 Å². The molecule has 2 aliphatic rings. The van der Waals surface area contributed by atoms with Crippen LogP contribution >= 0.6 is 0 Å². The van der Waals surface area contributed by atoms with Crippen LogP contribution < -0.4 is 5.32 Å². The molecule has 4 unspecified atom stereocenters. The highest BCUT2D eigenvalue weighted by atomic mass is 15.3. The summed E-state index contributed by atoms with van der Waals surface area (Å²) in [4.78, 5) is 2.89. The molecule has 0 spiro atoms. The molecular formula is C25H48N2. The highest BCUT2D eigenvalue weighted by Crippen LogP contribution is 2.34. The van der Waals surface area contributed by atoms with Gasteiger partial charge in [0.05, 0.1) is 6.17 Å². The average molecular weight is 377 g/mol. The average Bonchev–Trinajstić information content (AvgIpc) is 2.95. The van der Waals surface area contributed by atoms with E-state index in [-0.39, 0.29) is 0 Å². The van der Waals surface area contributed by atoms with E-state index in [0.29, 0.717) is 12.1 Å². The van der Waals surface area contributed by atoms with Crippen LogP contribution in [0.2, 0.25) is 0 Å². The fraction of sp³-hybridized carbons (Fsp3) is 0.920. The van der Waals surface area contributed by atoms with Gasteiger partial charge in [0.15, 0.2) is 0 Å². The van der Waals surface area contributed by atoms with E-state index < -0.39 is 0 Å². The largest absolute Gasteiger partial charge is 0.302 e. The monoisotopic (exact) mass is 376 g/mol. The number of allylic oxidation sites excluding steroid dienone is 1. The molecule has 2 heterocycles. The summed E-state index contributed by atoms with van der Waals surface area (Å²) in [6.07, 6.45) is 20.8. The Labute approximate surface area is 170 Å². The Balaban J connectivity index is 2.04. The second-order valence-corrected chi connectivity index (χ2v) is 9.31. The summed E-state index contributed by atoms with van der Waals surface area (Å²) in [6, 6.07) is 0.801. The maximum Gasteiger partial charge on any atom is 0.0599 e. The van der Waals surface area contributed by atoms with Gasteiger partial charge >= 0.3 is 0 Å². The van der Waals surface area contributed by atoms with E-state index in [1.165, 1.54) is 96.6 Å². The lowest BCUT2D eigenvalue weighted by Crippen LogP contribution is -2.58. The van der Waals surface area contributed by atoms with Crippen LogP contribution in [-0.2, 0) is 0 Å². The smallest absolute Gasteiger partial charge is 0.0599 e. The lowest BCUT2D eigenvalue weighted by atomic mass is 9.80. The molecule has 0 bridgehead atoms. The van der Waals surface area contributed by atoms with Crippen molar-refractivity contribution in [2.45, 2.75) is 116 Å². The van der Waals surface area contributed by atoms with Gasteiger partial charge in [0.25, 0.3) is 0 Å². The van der Waals surface area contributed by atoms with Crippen molar-refractivity contribution < 1.29 is 0 Å². The molecule has 0 aromatic heterocycles. The molecule has 1 N–H and O–H groups in total. The third-order valence-corrected chi connectivity index (χ3v) is 7.52. The fourth-order valence-electron chi connectivity index (χ4n) is 5.74. The molecule has 0 aromatic carbocycles. The second kappa shape index (κ2) is 13.0. The molecule has 0 amide bonds. The Morgan fingerprint density at radius 3 is 2.56 bits per heavy atom. The predicted octanol–water partition coefficient (Wildman–Crippen LogP) is 6.77. The van der Waals surface area contributed by atoms with E-state index >= 15 is 0 Å². The van der Waals surface area contributed by atoms with E-state index in [1.54, 1.807) is 0 Å². The van der Waals surface area contributed by atoms with Gasteiger partial charge in [-0.2, -0.15) is 0 Å². The molecule has 2 nitrogen and oxygen atoms in total. The van der Waals surface area contributed by atoms with E-state index in [4.69, 9.17) is 0 Å². The highest BCUT2D eigenvalue weighted by molar-refractivity contribution is 4.92. The van der Waals surface area contributed by atoms with Crippen LogP contribution in [0.5, 0.6) is 0 Å². The normalized spacial score (nSPS) is 26.4. The molecule has 2 rings (SSSR count). The Kier molecular flexibility index (Phi) is 11.0. The zero-order valence-corrected chi connectivity index (χ0v) is 18.7. The molecule has 27 heavy (non-hydrogen) atoms. The lowest BCUT2D eigenvalue weighted by molar-refractivity contribution is 0.0287. The molecule has 0 radical (unpaired) electrons. The van der Waals surface area contributed by atoms with Gasteiger partial charge in [-0.15, -0.1) is 6.58 Å². The zero-order chi connectivity index (χ0) is 19.5. The summed E-state index contributed by atoms with van der Waals surface area (Å²) in [7, 11) is 0. The SMILES string of the molecule is C=CC(CCC)CC(CCCC(CC)CC)C1CCNC2CCCCCN21. The fourth-order valence-corrected chi connectivity index (χ4v) is 5.74. The minimum atomic E-state index is 0.654. The Morgan fingerprint density at radius 2 is 1.85 bits per heavy atom. The molecule has 0 aromatic rings. The molecular weight excluding hydrogens is 328 g/mol. The second-order valence-electron chi connectivity index (χ2n) is 9.31. The molecule has 0 saturated carbocycles. The molecule has 0 aliphatic carbocycles. The summed E-state index contributed by atoms with van der Waals surface area (Å²) in [5.41, 5.74) is 0. The number of rotatable bonds is 12. The standard InChI is InChI=1S/C25H48N2/c1-5-13-22(8-4)20-23(15-12-14-21(6-2)7-3)24-17-18-26-25-16-10-9-11-19-27(24)25/h8,21-26H,4-7,9-20H2,1-3H3. The quantitative estimate of drug-likeness (QED) is 0.378. The maximum atomic E-state index is 4.18. The number of fused-ring (bicyclic) bond motifs is 1. The maximum absolute atomic E-state index is 4.18. The first-order chi connectivity index (χ1) is 13.2. The molecule has 2 saturated heterocycles. The van der Waals surface area contributed by atoms with E-state index in [0.717, 1.165) is 17.9 Å². The highest BCUT2D eigenvalue weighted by Gasteiger charge is 2.36. The number of nitrogens with one attached hydrogen (secondary N) is 1. The van der Waals surface area contributed by atoms with Gasteiger partial charge in [0, 0.05) is 6.04 Å². The number of nitrogens with zero attached hydrogens (tertiary/aromatic N) is 1. The predicted molar refractivity (Wildman–Crippen MR) is 120 cm³/mol. The number of hydrogen-bond donors (Lipinski definition) is 1. The third-order valence-electron chi connectivity index (χ3n) is 7.52. The van der Waals surface area contributed by atoms with Crippen LogP contribution in [0.15, 0.2) is 12.7 Å². The van der Waals surface area contributed by atoms with Crippen LogP contribution in [0.4, 0.5) is 0 Å². The van der Waals surface area contributed by atoms with Gasteiger partial charge in [0.2, 0.25) is 0 Å². The van der Waals surface area contributed by atoms with E-state index in [9.17, 15) is 0 Å². The van der Waals surface area contributed by atoms with Gasteiger partial charge in [0.1, 0.15) is 0 Å². The Morgan fingerprint density at radius 1 is 1.04 bits per heavy atom. The van der Waals surface area contributed by atoms with Crippen LogP contribution in [0, 0.1) is 17.8 Å². The van der Waals surface area contributed by atoms with Gasteiger partial charge < -0.3 is 5.32 Å². The van der Waals surface area contributed by atoms with Crippen molar-refractivity contribution in [3.8, 4) is 0 Å². The van der Waals surface area contributed by atoms with Gasteiger partial charge in [-0.25, -0.2) is 0 Å². The van der Waals surface area contributed by atoms with Crippen LogP contribution in [0.25, 0.3) is 0 Å². The molecule has 2 aliphatic heterocycles. The Hall–Kier alpha value is -0.340. The van der Waals surface area contributed by atoms with Crippen LogP contribution in [-0.4, -0.2) is 30.2 Å². The Bertz CT molecular complexity index is 390. The van der Waals surface area contributed by atoms with Crippen molar-refractivity contribution in [3.05, 3.63) is 12.7 Å². The van der Waals surface area contributed by atoms with Gasteiger partial charge in [-0.1, -0.05) is 71.8 Å². The van der Waals surface area contributed by atoms with Gasteiger partial charge in [-0.05, 0) is 69.4 Å². The number of hydrogen-bond acceptors (Lipinski definition) is 2. The van der Waals surface area contributed by atoms with Crippen molar-refractivity contribution >= 4 is 0 Å². The lowest BCUT2D eigenvalue weighted by Gasteiger charge is -2.46. The first-order valence-electron chi connectivity index (χ1n) is 12.3. The summed E-state index contributed by atoms with van der Waals surface area (Å²) >= 11 is 0. The minimum absolute atomic E-state index is 0.654. The summed E-state index contributed by atoms with van der Waals surface area (Å²) in [5, 5.41) is 3.84. The topological polar surface area (TPSA) is 15.3 Å².